The molecule has 0 aromatic heterocycles. The standard InChI is InChI=1S/C18H21ClN2O4/c1-11(17(23)20-14-6-7-14)25-18(24)13-8-16(22)21(10-13)9-12-4-2-3-5-15(12)19/h2-5,11,13-14H,6-10H2,1H3,(H,20,23)/t11-,13+/m0/s1. The summed E-state index contributed by atoms with van der Waals surface area (Å²) in [5.74, 6) is -1.45. The van der Waals surface area contributed by atoms with Crippen LogP contribution in [0.5, 0.6) is 0 Å². The number of rotatable bonds is 6. The lowest BCUT2D eigenvalue weighted by Gasteiger charge is -2.18. The second kappa shape index (κ2) is 7.44. The van der Waals surface area contributed by atoms with Gasteiger partial charge in [0.05, 0.1) is 5.92 Å². The third-order valence-electron chi connectivity index (χ3n) is 4.45. The summed E-state index contributed by atoms with van der Waals surface area (Å²) in [5.41, 5.74) is 0.837. The first kappa shape index (κ1) is 17.7. The first-order valence-electron chi connectivity index (χ1n) is 8.46. The summed E-state index contributed by atoms with van der Waals surface area (Å²) in [5, 5.41) is 3.39. The molecule has 1 N–H and O–H groups in total. The zero-order valence-corrected chi connectivity index (χ0v) is 14.8. The Labute approximate surface area is 151 Å². The van der Waals surface area contributed by atoms with Crippen LogP contribution in [0.25, 0.3) is 0 Å². The van der Waals surface area contributed by atoms with Gasteiger partial charge in [-0.1, -0.05) is 29.8 Å². The van der Waals surface area contributed by atoms with Crippen molar-refractivity contribution in [2.45, 2.75) is 44.9 Å². The molecule has 7 heteroatoms. The first-order valence-corrected chi connectivity index (χ1v) is 8.84. The predicted octanol–water partition coefficient (Wildman–Crippen LogP) is 1.90. The lowest BCUT2D eigenvalue weighted by molar-refractivity contribution is -0.158. The second-order valence-electron chi connectivity index (χ2n) is 6.63. The van der Waals surface area contributed by atoms with Crippen molar-refractivity contribution in [1.29, 1.82) is 0 Å². The van der Waals surface area contributed by atoms with Crippen molar-refractivity contribution >= 4 is 29.4 Å². The van der Waals surface area contributed by atoms with Crippen molar-refractivity contribution in [2.24, 2.45) is 5.92 Å². The number of hydrogen-bond acceptors (Lipinski definition) is 4. The molecule has 2 atom stereocenters. The monoisotopic (exact) mass is 364 g/mol. The van der Waals surface area contributed by atoms with Gasteiger partial charge < -0.3 is 15.0 Å². The highest BCUT2D eigenvalue weighted by Crippen LogP contribution is 2.25. The zero-order chi connectivity index (χ0) is 18.0. The van der Waals surface area contributed by atoms with Gasteiger partial charge in [-0.3, -0.25) is 14.4 Å². The van der Waals surface area contributed by atoms with E-state index in [1.54, 1.807) is 17.9 Å². The molecular weight excluding hydrogens is 344 g/mol. The van der Waals surface area contributed by atoms with Gasteiger partial charge >= 0.3 is 5.97 Å². The molecule has 0 unspecified atom stereocenters. The number of nitrogens with zero attached hydrogens (tertiary/aromatic N) is 1. The summed E-state index contributed by atoms with van der Waals surface area (Å²) >= 11 is 6.13. The Bertz CT molecular complexity index is 689. The maximum atomic E-state index is 12.3. The number of benzene rings is 1. The molecule has 2 aliphatic rings. The summed E-state index contributed by atoms with van der Waals surface area (Å²) in [6.45, 7) is 2.19. The van der Waals surface area contributed by atoms with E-state index in [1.165, 1.54) is 0 Å². The topological polar surface area (TPSA) is 75.7 Å². The summed E-state index contributed by atoms with van der Waals surface area (Å²) in [6, 6.07) is 7.52. The number of amides is 2. The Hall–Kier alpha value is -2.08. The van der Waals surface area contributed by atoms with Crippen LogP contribution < -0.4 is 5.32 Å². The number of esters is 1. The molecule has 1 aliphatic heterocycles. The molecule has 2 fully saturated rings. The minimum Gasteiger partial charge on any atom is -0.452 e. The van der Waals surface area contributed by atoms with E-state index in [4.69, 9.17) is 16.3 Å². The molecule has 1 saturated carbocycles. The first-order chi connectivity index (χ1) is 11.9. The molecule has 0 radical (unpaired) electrons. The van der Waals surface area contributed by atoms with Crippen molar-refractivity contribution in [2.75, 3.05) is 6.54 Å². The number of nitrogens with one attached hydrogen (secondary N) is 1. The van der Waals surface area contributed by atoms with Gasteiger partial charge in [0.2, 0.25) is 5.91 Å². The number of ether oxygens (including phenoxy) is 1. The second-order valence-corrected chi connectivity index (χ2v) is 7.04. The lowest BCUT2D eigenvalue weighted by Crippen LogP contribution is -2.38. The fourth-order valence-corrected chi connectivity index (χ4v) is 2.98. The van der Waals surface area contributed by atoms with Crippen molar-refractivity contribution < 1.29 is 19.1 Å². The molecule has 0 bridgehead atoms. The molecule has 3 rings (SSSR count). The van der Waals surface area contributed by atoms with Crippen molar-refractivity contribution in [3.8, 4) is 0 Å². The van der Waals surface area contributed by atoms with Crippen LogP contribution in [0.15, 0.2) is 24.3 Å². The van der Waals surface area contributed by atoms with Crippen LogP contribution in [0.2, 0.25) is 5.02 Å². The molecule has 134 valence electrons. The Morgan fingerprint density at radius 1 is 1.36 bits per heavy atom. The van der Waals surface area contributed by atoms with E-state index in [-0.39, 0.29) is 30.8 Å². The minimum atomic E-state index is -0.846. The zero-order valence-electron chi connectivity index (χ0n) is 14.0. The SMILES string of the molecule is C[C@H](OC(=O)[C@@H]1CC(=O)N(Cc2ccccc2Cl)C1)C(=O)NC1CC1. The Morgan fingerprint density at radius 3 is 2.76 bits per heavy atom. The van der Waals surface area contributed by atoms with Gasteiger partial charge in [-0.2, -0.15) is 0 Å². The molecule has 1 aromatic rings. The maximum Gasteiger partial charge on any atom is 0.312 e. The number of likely N-dealkylation sites (tertiary alicyclic amines) is 1. The largest absolute Gasteiger partial charge is 0.452 e. The average Bonchev–Trinajstić information content (AvgIpc) is 3.31. The molecule has 25 heavy (non-hydrogen) atoms. The molecule has 2 amide bonds. The quantitative estimate of drug-likeness (QED) is 0.782. The third kappa shape index (κ3) is 4.51. The number of hydrogen-bond donors (Lipinski definition) is 1. The van der Waals surface area contributed by atoms with E-state index in [1.807, 2.05) is 18.2 Å². The van der Waals surface area contributed by atoms with Crippen molar-refractivity contribution in [3.05, 3.63) is 34.9 Å². The van der Waals surface area contributed by atoms with Crippen LogP contribution in [0.4, 0.5) is 0 Å². The van der Waals surface area contributed by atoms with Gasteiger partial charge in [0, 0.05) is 30.6 Å². The van der Waals surface area contributed by atoms with E-state index < -0.39 is 18.0 Å². The van der Waals surface area contributed by atoms with Gasteiger partial charge in [0.1, 0.15) is 0 Å². The van der Waals surface area contributed by atoms with Crippen LogP contribution in [0.1, 0.15) is 31.7 Å². The van der Waals surface area contributed by atoms with E-state index in [0.717, 1.165) is 18.4 Å². The van der Waals surface area contributed by atoms with Crippen molar-refractivity contribution in [3.63, 3.8) is 0 Å². The molecular formula is C18H21ClN2O4. The average molecular weight is 365 g/mol. The molecule has 1 aromatic carbocycles. The normalized spacial score (nSPS) is 21.1. The van der Waals surface area contributed by atoms with E-state index in [0.29, 0.717) is 11.6 Å². The summed E-state index contributed by atoms with van der Waals surface area (Å²) in [6.07, 6.45) is 1.20. The number of carbonyl (C=O) groups excluding carboxylic acids is 3. The highest BCUT2D eigenvalue weighted by atomic mass is 35.5. The molecule has 1 heterocycles. The van der Waals surface area contributed by atoms with Gasteiger partial charge in [0.15, 0.2) is 6.10 Å². The van der Waals surface area contributed by atoms with Gasteiger partial charge in [-0.25, -0.2) is 0 Å². The Balaban J connectivity index is 1.53. The fourth-order valence-electron chi connectivity index (χ4n) is 2.79. The van der Waals surface area contributed by atoms with Crippen LogP contribution in [0, 0.1) is 5.92 Å². The van der Waals surface area contributed by atoms with E-state index >= 15 is 0 Å². The Kier molecular flexibility index (Phi) is 5.27. The number of carbonyl (C=O) groups is 3. The van der Waals surface area contributed by atoms with Crippen LogP contribution in [-0.4, -0.2) is 41.4 Å². The lowest BCUT2D eigenvalue weighted by atomic mass is 10.1. The molecule has 6 nitrogen and oxygen atoms in total. The van der Waals surface area contributed by atoms with Crippen LogP contribution in [-0.2, 0) is 25.7 Å². The predicted molar refractivity (Wildman–Crippen MR) is 91.7 cm³/mol. The van der Waals surface area contributed by atoms with E-state index in [9.17, 15) is 14.4 Å². The molecule has 1 saturated heterocycles. The van der Waals surface area contributed by atoms with Gasteiger partial charge in [-0.15, -0.1) is 0 Å². The van der Waals surface area contributed by atoms with Crippen molar-refractivity contribution in [1.82, 2.24) is 10.2 Å². The fraction of sp³-hybridized carbons (Fsp3) is 0.500. The van der Waals surface area contributed by atoms with E-state index in [2.05, 4.69) is 5.32 Å². The van der Waals surface area contributed by atoms with Crippen LogP contribution in [0.3, 0.4) is 0 Å². The smallest absolute Gasteiger partial charge is 0.312 e. The highest BCUT2D eigenvalue weighted by Gasteiger charge is 2.37. The number of halogens is 1. The molecule has 1 aliphatic carbocycles. The summed E-state index contributed by atoms with van der Waals surface area (Å²) in [4.78, 5) is 37.9. The Morgan fingerprint density at radius 2 is 2.08 bits per heavy atom. The highest BCUT2D eigenvalue weighted by molar-refractivity contribution is 6.31. The van der Waals surface area contributed by atoms with Gasteiger partial charge in [-0.05, 0) is 31.4 Å². The summed E-state index contributed by atoms with van der Waals surface area (Å²) in [7, 11) is 0. The third-order valence-corrected chi connectivity index (χ3v) is 4.82. The minimum absolute atomic E-state index is 0.0975. The summed E-state index contributed by atoms with van der Waals surface area (Å²) < 4.78 is 5.24. The molecule has 0 spiro atoms. The maximum absolute atomic E-state index is 12.3. The van der Waals surface area contributed by atoms with Gasteiger partial charge in [0.25, 0.3) is 5.91 Å². The van der Waals surface area contributed by atoms with Crippen LogP contribution >= 0.6 is 11.6 Å².